The third-order valence-corrected chi connectivity index (χ3v) is 5.15. The molecule has 7 nitrogen and oxygen atoms in total. The van der Waals surface area contributed by atoms with Gasteiger partial charge in [0.15, 0.2) is 18.1 Å². The summed E-state index contributed by atoms with van der Waals surface area (Å²) in [6.45, 7) is 4.16. The number of carbonyl (C=O) groups is 1. The predicted molar refractivity (Wildman–Crippen MR) is 127 cm³/mol. The van der Waals surface area contributed by atoms with E-state index in [0.717, 1.165) is 5.56 Å². The van der Waals surface area contributed by atoms with Crippen LogP contribution < -0.4 is 20.3 Å². The van der Waals surface area contributed by atoms with E-state index in [2.05, 4.69) is 10.3 Å². The Morgan fingerprint density at radius 2 is 1.85 bits per heavy atom. The Morgan fingerprint density at radius 1 is 1.12 bits per heavy atom. The normalized spacial score (nSPS) is 10.4. The van der Waals surface area contributed by atoms with Crippen LogP contribution in [0.25, 0.3) is 11.1 Å². The molecule has 170 valence electrons. The number of amides is 1. The van der Waals surface area contributed by atoms with Crippen LogP contribution in [-0.2, 0) is 11.2 Å². The summed E-state index contributed by atoms with van der Waals surface area (Å²) < 4.78 is 11.4. The van der Waals surface area contributed by atoms with Gasteiger partial charge in [0.25, 0.3) is 11.5 Å². The fraction of sp³-hybridized carbons (Fsp3) is 0.240. The SMILES string of the molecule is CCOc1cc(-c2cc(C)[nH]c(=O)c2C#N)c(Cl)cc1OCC(=O)NCCc1ccccc1. The number of aromatic nitrogens is 1. The molecule has 2 aromatic carbocycles. The van der Waals surface area contributed by atoms with Gasteiger partial charge in [-0.3, -0.25) is 9.59 Å². The van der Waals surface area contributed by atoms with Gasteiger partial charge >= 0.3 is 0 Å². The lowest BCUT2D eigenvalue weighted by molar-refractivity contribution is -0.123. The number of ether oxygens (including phenoxy) is 2. The van der Waals surface area contributed by atoms with Crippen LogP contribution in [0.3, 0.4) is 0 Å². The average Bonchev–Trinajstić information content (AvgIpc) is 2.79. The summed E-state index contributed by atoms with van der Waals surface area (Å²) in [7, 11) is 0. The van der Waals surface area contributed by atoms with E-state index in [0.29, 0.717) is 47.9 Å². The maximum atomic E-state index is 12.2. The summed E-state index contributed by atoms with van der Waals surface area (Å²) in [5, 5.41) is 12.5. The molecule has 0 saturated heterocycles. The van der Waals surface area contributed by atoms with Crippen LogP contribution in [0.4, 0.5) is 0 Å². The first-order chi connectivity index (χ1) is 15.9. The van der Waals surface area contributed by atoms with E-state index in [9.17, 15) is 14.9 Å². The Balaban J connectivity index is 1.76. The van der Waals surface area contributed by atoms with Crippen molar-refractivity contribution in [3.8, 4) is 28.7 Å². The molecule has 2 N–H and O–H groups in total. The van der Waals surface area contributed by atoms with Gasteiger partial charge in [-0.1, -0.05) is 41.9 Å². The van der Waals surface area contributed by atoms with Crippen molar-refractivity contribution in [3.05, 3.63) is 80.7 Å². The molecule has 33 heavy (non-hydrogen) atoms. The molecule has 0 spiro atoms. The van der Waals surface area contributed by atoms with Crippen LogP contribution >= 0.6 is 11.6 Å². The molecule has 0 radical (unpaired) electrons. The standard InChI is InChI=1S/C25H24ClN3O4/c1-3-32-22-12-19(18-11-16(2)29-25(31)20(18)14-27)21(26)13-23(22)33-15-24(30)28-10-9-17-7-5-4-6-8-17/h4-8,11-13H,3,9-10,15H2,1-2H3,(H,28,30)(H,29,31). The Labute approximate surface area is 196 Å². The van der Waals surface area contributed by atoms with Crippen molar-refractivity contribution < 1.29 is 14.3 Å². The smallest absolute Gasteiger partial charge is 0.266 e. The van der Waals surface area contributed by atoms with Gasteiger partial charge < -0.3 is 19.8 Å². The number of halogens is 1. The molecule has 3 aromatic rings. The van der Waals surface area contributed by atoms with Crippen molar-refractivity contribution in [1.82, 2.24) is 10.3 Å². The van der Waals surface area contributed by atoms with Crippen molar-refractivity contribution in [3.63, 3.8) is 0 Å². The lowest BCUT2D eigenvalue weighted by Crippen LogP contribution is -2.30. The molecule has 0 aliphatic heterocycles. The molecule has 1 aromatic heterocycles. The van der Waals surface area contributed by atoms with Crippen LogP contribution in [0.1, 0.15) is 23.7 Å². The van der Waals surface area contributed by atoms with Gasteiger partial charge in [0.05, 0.1) is 11.6 Å². The number of pyridine rings is 1. The van der Waals surface area contributed by atoms with Gasteiger partial charge in [0, 0.05) is 29.4 Å². The van der Waals surface area contributed by atoms with E-state index in [-0.39, 0.29) is 23.1 Å². The number of nitrogens with one attached hydrogen (secondary N) is 2. The van der Waals surface area contributed by atoms with Crippen molar-refractivity contribution in [2.45, 2.75) is 20.3 Å². The predicted octanol–water partition coefficient (Wildman–Crippen LogP) is 4.01. The fourth-order valence-electron chi connectivity index (χ4n) is 3.32. The minimum atomic E-state index is -0.492. The largest absolute Gasteiger partial charge is 0.490 e. The second kappa shape index (κ2) is 11.2. The maximum Gasteiger partial charge on any atom is 0.266 e. The molecule has 0 saturated carbocycles. The molecule has 8 heteroatoms. The number of aromatic amines is 1. The van der Waals surface area contributed by atoms with E-state index in [1.54, 1.807) is 19.1 Å². The molecule has 0 atom stereocenters. The van der Waals surface area contributed by atoms with Gasteiger partial charge in [-0.05, 0) is 38.0 Å². The molecular formula is C25H24ClN3O4. The molecule has 3 rings (SSSR count). The number of nitrogens with zero attached hydrogens (tertiary/aromatic N) is 1. The van der Waals surface area contributed by atoms with Crippen LogP contribution in [-0.4, -0.2) is 30.6 Å². The quantitative estimate of drug-likeness (QED) is 0.496. The molecular weight excluding hydrogens is 442 g/mol. The average molecular weight is 466 g/mol. The van der Waals surface area contributed by atoms with Crippen LogP contribution in [0, 0.1) is 18.3 Å². The minimum absolute atomic E-state index is 0.0450. The number of aryl methyl sites for hydroxylation is 1. The first-order valence-corrected chi connectivity index (χ1v) is 10.8. The van der Waals surface area contributed by atoms with Gasteiger partial charge in [-0.25, -0.2) is 0 Å². The highest BCUT2D eigenvalue weighted by Crippen LogP contribution is 2.39. The number of H-pyrrole nitrogens is 1. The highest BCUT2D eigenvalue weighted by atomic mass is 35.5. The van der Waals surface area contributed by atoms with Crippen molar-refractivity contribution >= 4 is 17.5 Å². The number of nitriles is 1. The van der Waals surface area contributed by atoms with E-state index in [1.165, 1.54) is 6.07 Å². The second-order valence-electron chi connectivity index (χ2n) is 7.27. The van der Waals surface area contributed by atoms with Crippen LogP contribution in [0.2, 0.25) is 5.02 Å². The third-order valence-electron chi connectivity index (χ3n) is 4.84. The molecule has 0 bridgehead atoms. The number of rotatable bonds is 9. The second-order valence-corrected chi connectivity index (χ2v) is 7.68. The topological polar surface area (TPSA) is 104 Å². The highest BCUT2D eigenvalue weighted by molar-refractivity contribution is 6.33. The highest BCUT2D eigenvalue weighted by Gasteiger charge is 2.18. The Kier molecular flexibility index (Phi) is 8.11. The molecule has 1 amide bonds. The summed E-state index contributed by atoms with van der Waals surface area (Å²) in [5.41, 5.74) is 2.05. The summed E-state index contributed by atoms with van der Waals surface area (Å²) >= 11 is 6.48. The molecule has 1 heterocycles. The summed E-state index contributed by atoms with van der Waals surface area (Å²) in [6.07, 6.45) is 0.716. The van der Waals surface area contributed by atoms with E-state index in [1.807, 2.05) is 43.3 Å². The van der Waals surface area contributed by atoms with Gasteiger partial charge in [0.1, 0.15) is 11.6 Å². The molecule has 0 aliphatic carbocycles. The number of carbonyl (C=O) groups excluding carboxylic acids is 1. The zero-order valence-corrected chi connectivity index (χ0v) is 19.2. The Hall–Kier alpha value is -3.76. The van der Waals surface area contributed by atoms with Crippen LogP contribution in [0.15, 0.2) is 53.3 Å². The van der Waals surface area contributed by atoms with Gasteiger partial charge in [0.2, 0.25) is 0 Å². The Bertz CT molecular complexity index is 1230. The zero-order chi connectivity index (χ0) is 23.8. The van der Waals surface area contributed by atoms with Crippen molar-refractivity contribution in [2.75, 3.05) is 19.8 Å². The number of hydrogen-bond acceptors (Lipinski definition) is 5. The van der Waals surface area contributed by atoms with Crippen LogP contribution in [0.5, 0.6) is 11.5 Å². The van der Waals surface area contributed by atoms with E-state index in [4.69, 9.17) is 21.1 Å². The number of benzene rings is 2. The lowest BCUT2D eigenvalue weighted by atomic mass is 10.0. The van der Waals surface area contributed by atoms with E-state index >= 15 is 0 Å². The molecule has 0 aliphatic rings. The summed E-state index contributed by atoms with van der Waals surface area (Å²) in [6, 6.07) is 16.6. The summed E-state index contributed by atoms with van der Waals surface area (Å²) in [4.78, 5) is 27.0. The first-order valence-electron chi connectivity index (χ1n) is 10.5. The Morgan fingerprint density at radius 3 is 2.55 bits per heavy atom. The third kappa shape index (κ3) is 6.15. The number of hydrogen-bond donors (Lipinski definition) is 2. The van der Waals surface area contributed by atoms with Gasteiger partial charge in [-0.2, -0.15) is 5.26 Å². The van der Waals surface area contributed by atoms with E-state index < -0.39 is 5.56 Å². The fourth-order valence-corrected chi connectivity index (χ4v) is 3.58. The minimum Gasteiger partial charge on any atom is -0.490 e. The van der Waals surface area contributed by atoms with Crippen molar-refractivity contribution in [1.29, 1.82) is 5.26 Å². The van der Waals surface area contributed by atoms with Crippen molar-refractivity contribution in [2.24, 2.45) is 0 Å². The maximum absolute atomic E-state index is 12.2. The van der Waals surface area contributed by atoms with Gasteiger partial charge in [-0.15, -0.1) is 0 Å². The zero-order valence-electron chi connectivity index (χ0n) is 18.4. The first kappa shape index (κ1) is 23.9. The summed E-state index contributed by atoms with van der Waals surface area (Å²) in [5.74, 6) is 0.380. The monoisotopic (exact) mass is 465 g/mol. The molecule has 0 fully saturated rings. The molecule has 0 unspecified atom stereocenters. The lowest BCUT2D eigenvalue weighted by Gasteiger charge is -2.16.